The third-order valence-electron chi connectivity index (χ3n) is 3.88. The van der Waals surface area contributed by atoms with Crippen LogP contribution >= 0.6 is 22.7 Å². The van der Waals surface area contributed by atoms with Crippen LogP contribution in [0.2, 0.25) is 0 Å². The number of aryl methyl sites for hydroxylation is 1. The van der Waals surface area contributed by atoms with Crippen molar-refractivity contribution >= 4 is 43.2 Å². The van der Waals surface area contributed by atoms with Crippen molar-refractivity contribution in [2.75, 3.05) is 26.1 Å². The van der Waals surface area contributed by atoms with Crippen LogP contribution in [0, 0.1) is 6.92 Å². The molecule has 0 aliphatic carbocycles. The first kappa shape index (κ1) is 17.7. The SMILES string of the molecule is COc1ccc(C)cc1C(C)NC(=O)c1cc2sc(N(C)C)nc2s1. The Morgan fingerprint density at radius 2 is 2.04 bits per heavy atom. The van der Waals surface area contributed by atoms with Gasteiger partial charge in [-0.05, 0) is 26.0 Å². The molecule has 0 saturated heterocycles. The smallest absolute Gasteiger partial charge is 0.261 e. The van der Waals surface area contributed by atoms with E-state index >= 15 is 0 Å². The first-order chi connectivity index (χ1) is 11.9. The number of carbonyl (C=O) groups is 1. The summed E-state index contributed by atoms with van der Waals surface area (Å²) in [4.78, 5) is 20.7. The second-order valence-corrected chi connectivity index (χ2v) is 8.15. The number of amides is 1. The Hall–Kier alpha value is -2.12. The average Bonchev–Trinajstić information content (AvgIpc) is 3.13. The normalized spacial score (nSPS) is 12.2. The molecule has 25 heavy (non-hydrogen) atoms. The first-order valence-corrected chi connectivity index (χ1v) is 9.55. The highest BCUT2D eigenvalue weighted by molar-refractivity contribution is 7.29. The van der Waals surface area contributed by atoms with Gasteiger partial charge in [0.25, 0.3) is 5.91 Å². The minimum Gasteiger partial charge on any atom is -0.496 e. The molecule has 0 aliphatic rings. The quantitative estimate of drug-likeness (QED) is 0.725. The van der Waals surface area contributed by atoms with Crippen LogP contribution in [0.1, 0.15) is 33.8 Å². The lowest BCUT2D eigenvalue weighted by Crippen LogP contribution is -2.26. The van der Waals surface area contributed by atoms with Gasteiger partial charge in [0.2, 0.25) is 0 Å². The van der Waals surface area contributed by atoms with Crippen LogP contribution in [0.25, 0.3) is 9.53 Å². The predicted octanol–water partition coefficient (Wildman–Crippen LogP) is 4.23. The van der Waals surface area contributed by atoms with E-state index in [0.29, 0.717) is 4.88 Å². The minimum atomic E-state index is -0.146. The van der Waals surface area contributed by atoms with Gasteiger partial charge in [-0.15, -0.1) is 11.3 Å². The molecule has 0 spiro atoms. The van der Waals surface area contributed by atoms with Gasteiger partial charge in [0.1, 0.15) is 10.6 Å². The highest BCUT2D eigenvalue weighted by atomic mass is 32.1. The van der Waals surface area contributed by atoms with Gasteiger partial charge >= 0.3 is 0 Å². The summed E-state index contributed by atoms with van der Waals surface area (Å²) in [5.41, 5.74) is 2.11. The van der Waals surface area contributed by atoms with Gasteiger partial charge in [0.15, 0.2) is 5.13 Å². The molecule has 1 atom stereocenters. The molecule has 1 aromatic carbocycles. The molecule has 0 aliphatic heterocycles. The fraction of sp³-hybridized carbons (Fsp3) is 0.333. The monoisotopic (exact) mass is 375 g/mol. The number of fused-ring (bicyclic) bond motifs is 1. The van der Waals surface area contributed by atoms with E-state index in [0.717, 1.165) is 31.5 Å². The van der Waals surface area contributed by atoms with E-state index in [1.807, 2.05) is 57.1 Å². The second kappa shape index (κ2) is 7.01. The number of hydrogen-bond donors (Lipinski definition) is 1. The van der Waals surface area contributed by atoms with Crippen LogP contribution in [-0.2, 0) is 0 Å². The molecule has 2 heterocycles. The van der Waals surface area contributed by atoms with Crippen molar-refractivity contribution in [1.29, 1.82) is 0 Å². The van der Waals surface area contributed by atoms with Gasteiger partial charge in [-0.1, -0.05) is 29.0 Å². The number of thiophene rings is 1. The van der Waals surface area contributed by atoms with Crippen LogP contribution < -0.4 is 15.0 Å². The number of methoxy groups -OCH3 is 1. The van der Waals surface area contributed by atoms with Gasteiger partial charge < -0.3 is 15.0 Å². The molecule has 0 fully saturated rings. The van der Waals surface area contributed by atoms with E-state index in [1.165, 1.54) is 11.3 Å². The zero-order valence-corrected chi connectivity index (χ0v) is 16.5. The maximum absolute atomic E-state index is 12.6. The number of aromatic nitrogens is 1. The molecule has 1 N–H and O–H groups in total. The number of nitrogens with one attached hydrogen (secondary N) is 1. The van der Waals surface area contributed by atoms with Crippen molar-refractivity contribution in [2.24, 2.45) is 0 Å². The molecule has 0 radical (unpaired) electrons. The van der Waals surface area contributed by atoms with Crippen LogP contribution in [0.3, 0.4) is 0 Å². The Kier molecular flexibility index (Phi) is 4.96. The summed E-state index contributed by atoms with van der Waals surface area (Å²) in [6.45, 7) is 3.99. The summed E-state index contributed by atoms with van der Waals surface area (Å²) < 4.78 is 6.46. The molecule has 1 amide bonds. The van der Waals surface area contributed by atoms with E-state index in [9.17, 15) is 4.79 Å². The molecular weight excluding hydrogens is 354 g/mol. The average molecular weight is 376 g/mol. The number of rotatable bonds is 5. The van der Waals surface area contributed by atoms with Crippen molar-refractivity contribution in [1.82, 2.24) is 10.3 Å². The highest BCUT2D eigenvalue weighted by Crippen LogP contribution is 2.34. The molecule has 132 valence electrons. The summed E-state index contributed by atoms with van der Waals surface area (Å²) >= 11 is 3.02. The molecule has 7 heteroatoms. The second-order valence-electron chi connectivity index (χ2n) is 6.11. The lowest BCUT2D eigenvalue weighted by atomic mass is 10.0. The molecule has 1 unspecified atom stereocenters. The minimum absolute atomic E-state index is 0.0855. The van der Waals surface area contributed by atoms with Gasteiger partial charge in [-0.2, -0.15) is 0 Å². The van der Waals surface area contributed by atoms with Gasteiger partial charge in [0.05, 0.1) is 22.7 Å². The van der Waals surface area contributed by atoms with Crippen LogP contribution in [-0.4, -0.2) is 32.1 Å². The Bertz CT molecular complexity index is 883. The largest absolute Gasteiger partial charge is 0.496 e. The summed E-state index contributed by atoms with van der Waals surface area (Å²) in [5.74, 6) is 0.695. The molecule has 3 aromatic rings. The fourth-order valence-electron chi connectivity index (χ4n) is 2.56. The third kappa shape index (κ3) is 3.62. The summed E-state index contributed by atoms with van der Waals surface area (Å²) in [6.07, 6.45) is 0. The topological polar surface area (TPSA) is 54.5 Å². The van der Waals surface area contributed by atoms with Crippen molar-refractivity contribution in [3.8, 4) is 5.75 Å². The summed E-state index contributed by atoms with van der Waals surface area (Å²) in [7, 11) is 5.57. The summed E-state index contributed by atoms with van der Waals surface area (Å²) in [6, 6.07) is 7.74. The van der Waals surface area contributed by atoms with E-state index in [2.05, 4.69) is 10.3 Å². The maximum atomic E-state index is 12.6. The molecule has 0 bridgehead atoms. The van der Waals surface area contributed by atoms with Crippen LogP contribution in [0.5, 0.6) is 5.75 Å². The van der Waals surface area contributed by atoms with Crippen molar-refractivity contribution in [2.45, 2.75) is 19.9 Å². The number of hydrogen-bond acceptors (Lipinski definition) is 6. The van der Waals surface area contributed by atoms with Crippen LogP contribution in [0.4, 0.5) is 5.13 Å². The number of anilines is 1. The van der Waals surface area contributed by atoms with Crippen molar-refractivity contribution in [3.05, 3.63) is 40.3 Å². The Morgan fingerprint density at radius 1 is 1.28 bits per heavy atom. The lowest BCUT2D eigenvalue weighted by Gasteiger charge is -2.17. The van der Waals surface area contributed by atoms with E-state index in [4.69, 9.17) is 4.74 Å². The third-order valence-corrected chi connectivity index (χ3v) is 6.21. The molecule has 0 saturated carbocycles. The molecule has 5 nitrogen and oxygen atoms in total. The summed E-state index contributed by atoms with van der Waals surface area (Å²) in [5, 5.41) is 4.01. The number of carbonyl (C=O) groups excluding carboxylic acids is 1. The Labute approximate surface area is 155 Å². The van der Waals surface area contributed by atoms with Crippen molar-refractivity contribution < 1.29 is 9.53 Å². The van der Waals surface area contributed by atoms with Gasteiger partial charge in [-0.25, -0.2) is 4.98 Å². The molecule has 3 rings (SSSR count). The van der Waals surface area contributed by atoms with E-state index < -0.39 is 0 Å². The number of thiazole rings is 1. The molecular formula is C18H21N3O2S2. The van der Waals surface area contributed by atoms with Gasteiger partial charge in [-0.3, -0.25) is 4.79 Å². The highest BCUT2D eigenvalue weighted by Gasteiger charge is 2.18. The zero-order valence-electron chi connectivity index (χ0n) is 14.9. The number of nitrogens with zero attached hydrogens (tertiary/aromatic N) is 2. The Balaban J connectivity index is 1.79. The van der Waals surface area contributed by atoms with Crippen molar-refractivity contribution in [3.63, 3.8) is 0 Å². The first-order valence-electron chi connectivity index (χ1n) is 7.92. The van der Waals surface area contributed by atoms with E-state index in [-0.39, 0.29) is 11.9 Å². The molecule has 2 aromatic heterocycles. The number of benzene rings is 1. The predicted molar refractivity (Wildman–Crippen MR) is 105 cm³/mol. The number of ether oxygens (including phenoxy) is 1. The Morgan fingerprint density at radius 3 is 2.68 bits per heavy atom. The standard InChI is InChI=1S/C18H21N3O2S2/c1-10-6-7-13(23-5)12(8-10)11(2)19-16(22)14-9-15-17(24-14)20-18(25-15)21(3)4/h6-9,11H,1-5H3,(H,19,22). The lowest BCUT2D eigenvalue weighted by molar-refractivity contribution is 0.0943. The maximum Gasteiger partial charge on any atom is 0.261 e. The fourth-order valence-corrected chi connectivity index (χ4v) is 4.60. The van der Waals surface area contributed by atoms with E-state index in [1.54, 1.807) is 18.4 Å². The van der Waals surface area contributed by atoms with Gasteiger partial charge in [0, 0.05) is 19.7 Å². The van der Waals surface area contributed by atoms with Crippen LogP contribution in [0.15, 0.2) is 24.3 Å². The zero-order chi connectivity index (χ0) is 18.1.